The van der Waals surface area contributed by atoms with Gasteiger partial charge in [-0.15, -0.1) is 0 Å². The molecule has 6 heteroatoms. The number of hydrogen-bond acceptors (Lipinski definition) is 4. The predicted octanol–water partition coefficient (Wildman–Crippen LogP) is 3.97. The van der Waals surface area contributed by atoms with Gasteiger partial charge in [-0.05, 0) is 51.8 Å². The van der Waals surface area contributed by atoms with Gasteiger partial charge in [0.25, 0.3) is 5.91 Å². The Hall–Kier alpha value is -2.63. The number of carbonyl (C=O) groups is 1. The summed E-state index contributed by atoms with van der Waals surface area (Å²) in [6.45, 7) is 6.04. The summed E-state index contributed by atoms with van der Waals surface area (Å²) in [5.74, 6) is 1.08. The van der Waals surface area contributed by atoms with E-state index in [4.69, 9.17) is 9.40 Å². The first-order valence-electron chi connectivity index (χ1n) is 8.77. The molecule has 1 atom stereocenters. The molecule has 6 nitrogen and oxygen atoms in total. The van der Waals surface area contributed by atoms with E-state index in [0.29, 0.717) is 11.5 Å². The van der Waals surface area contributed by atoms with Gasteiger partial charge < -0.3 is 9.73 Å². The second kappa shape index (κ2) is 6.02. The maximum absolute atomic E-state index is 12.9. The normalized spacial score (nSPS) is 15.7. The van der Waals surface area contributed by atoms with Crippen molar-refractivity contribution < 1.29 is 9.21 Å². The topological polar surface area (TPSA) is 73.0 Å². The summed E-state index contributed by atoms with van der Waals surface area (Å²) >= 11 is 0. The number of furan rings is 1. The first-order valence-corrected chi connectivity index (χ1v) is 8.77. The molecule has 0 bridgehead atoms. The SMILES string of the molecule is CC(NC(=O)c1cc(C2CC2)nc2c1cnn2C(C)C)c1ccco1. The van der Waals surface area contributed by atoms with Gasteiger partial charge in [0, 0.05) is 17.7 Å². The molecule has 130 valence electrons. The van der Waals surface area contributed by atoms with Crippen LogP contribution in [0, 0.1) is 0 Å². The van der Waals surface area contributed by atoms with Crippen LogP contribution >= 0.6 is 0 Å². The average Bonchev–Trinajstić information content (AvgIpc) is 3.11. The van der Waals surface area contributed by atoms with Crippen molar-refractivity contribution in [3.63, 3.8) is 0 Å². The number of nitrogens with one attached hydrogen (secondary N) is 1. The fraction of sp³-hybridized carbons (Fsp3) is 0.421. The van der Waals surface area contributed by atoms with Crippen molar-refractivity contribution in [2.24, 2.45) is 0 Å². The van der Waals surface area contributed by atoms with Crippen molar-refractivity contribution in [2.75, 3.05) is 0 Å². The maximum atomic E-state index is 12.9. The zero-order valence-electron chi connectivity index (χ0n) is 14.7. The van der Waals surface area contributed by atoms with Crippen molar-refractivity contribution in [3.8, 4) is 0 Å². The van der Waals surface area contributed by atoms with Crippen molar-refractivity contribution >= 4 is 16.9 Å². The van der Waals surface area contributed by atoms with Crippen molar-refractivity contribution in [2.45, 2.75) is 51.6 Å². The van der Waals surface area contributed by atoms with E-state index < -0.39 is 0 Å². The molecule has 0 aliphatic heterocycles. The number of aromatic nitrogens is 3. The van der Waals surface area contributed by atoms with Gasteiger partial charge in [0.15, 0.2) is 5.65 Å². The van der Waals surface area contributed by atoms with Crippen molar-refractivity contribution in [3.05, 3.63) is 47.7 Å². The Kier molecular flexibility index (Phi) is 3.82. The van der Waals surface area contributed by atoms with E-state index >= 15 is 0 Å². The van der Waals surface area contributed by atoms with Crippen LogP contribution in [0.4, 0.5) is 0 Å². The third-order valence-electron chi connectivity index (χ3n) is 4.63. The lowest BCUT2D eigenvalue weighted by Crippen LogP contribution is -2.26. The number of rotatable bonds is 5. The van der Waals surface area contributed by atoms with Gasteiger partial charge in [0.2, 0.25) is 0 Å². The fourth-order valence-electron chi connectivity index (χ4n) is 3.07. The van der Waals surface area contributed by atoms with E-state index in [0.717, 1.165) is 35.3 Å². The molecule has 1 fully saturated rings. The van der Waals surface area contributed by atoms with Crippen LogP contribution in [-0.2, 0) is 0 Å². The van der Waals surface area contributed by atoms with Gasteiger partial charge in [-0.2, -0.15) is 5.10 Å². The standard InChI is InChI=1S/C19H22N4O2/c1-11(2)23-18-15(10-20-23)14(9-16(22-18)13-6-7-13)19(24)21-12(3)17-5-4-8-25-17/h4-5,8-13H,6-7H2,1-3H3,(H,21,24). The van der Waals surface area contributed by atoms with Gasteiger partial charge in [-0.3, -0.25) is 4.79 Å². The second-order valence-electron chi connectivity index (χ2n) is 7.00. The zero-order chi connectivity index (χ0) is 17.6. The maximum Gasteiger partial charge on any atom is 0.252 e. The van der Waals surface area contributed by atoms with Gasteiger partial charge in [-0.25, -0.2) is 9.67 Å². The van der Waals surface area contributed by atoms with Crippen LogP contribution in [0.3, 0.4) is 0 Å². The van der Waals surface area contributed by atoms with Crippen molar-refractivity contribution in [1.82, 2.24) is 20.1 Å². The van der Waals surface area contributed by atoms with Crippen LogP contribution in [0.15, 0.2) is 35.1 Å². The lowest BCUT2D eigenvalue weighted by molar-refractivity contribution is 0.0937. The molecule has 1 aliphatic rings. The first-order chi connectivity index (χ1) is 12.0. The number of nitrogens with zero attached hydrogens (tertiary/aromatic N) is 3. The Morgan fingerprint density at radius 3 is 2.80 bits per heavy atom. The van der Waals surface area contributed by atoms with E-state index in [9.17, 15) is 4.79 Å². The smallest absolute Gasteiger partial charge is 0.252 e. The van der Waals surface area contributed by atoms with Crippen LogP contribution in [0.2, 0.25) is 0 Å². The van der Waals surface area contributed by atoms with Crippen LogP contribution in [0.5, 0.6) is 0 Å². The minimum absolute atomic E-state index is 0.124. The average molecular weight is 338 g/mol. The van der Waals surface area contributed by atoms with E-state index in [1.807, 2.05) is 29.8 Å². The molecule has 0 radical (unpaired) electrons. The summed E-state index contributed by atoms with van der Waals surface area (Å²) in [5.41, 5.74) is 2.41. The minimum atomic E-state index is -0.199. The van der Waals surface area contributed by atoms with Crippen LogP contribution in [-0.4, -0.2) is 20.7 Å². The highest BCUT2D eigenvalue weighted by Gasteiger charge is 2.28. The first kappa shape index (κ1) is 15.9. The number of fused-ring (bicyclic) bond motifs is 1. The highest BCUT2D eigenvalue weighted by atomic mass is 16.3. The molecule has 1 N–H and O–H groups in total. The molecule has 1 saturated carbocycles. The number of hydrogen-bond donors (Lipinski definition) is 1. The Morgan fingerprint density at radius 2 is 2.16 bits per heavy atom. The molecule has 4 rings (SSSR count). The second-order valence-corrected chi connectivity index (χ2v) is 7.00. The van der Waals surface area contributed by atoms with Gasteiger partial charge in [-0.1, -0.05) is 0 Å². The minimum Gasteiger partial charge on any atom is -0.467 e. The molecule has 3 aromatic rings. The van der Waals surface area contributed by atoms with E-state index in [-0.39, 0.29) is 18.0 Å². The van der Waals surface area contributed by atoms with Crippen LogP contribution < -0.4 is 5.32 Å². The monoisotopic (exact) mass is 338 g/mol. The highest BCUT2D eigenvalue weighted by Crippen LogP contribution is 2.40. The Morgan fingerprint density at radius 1 is 1.36 bits per heavy atom. The van der Waals surface area contributed by atoms with Gasteiger partial charge in [0.05, 0.1) is 29.5 Å². The molecule has 0 spiro atoms. The number of amides is 1. The van der Waals surface area contributed by atoms with Gasteiger partial charge in [0.1, 0.15) is 5.76 Å². The highest BCUT2D eigenvalue weighted by molar-refractivity contribution is 6.05. The molecule has 3 aromatic heterocycles. The largest absolute Gasteiger partial charge is 0.467 e. The third-order valence-corrected chi connectivity index (χ3v) is 4.63. The summed E-state index contributed by atoms with van der Waals surface area (Å²) in [7, 11) is 0. The molecule has 3 heterocycles. The lowest BCUT2D eigenvalue weighted by atomic mass is 10.1. The Bertz CT molecular complexity index is 907. The zero-order valence-corrected chi connectivity index (χ0v) is 14.7. The molecule has 25 heavy (non-hydrogen) atoms. The van der Waals surface area contributed by atoms with Crippen LogP contribution in [0.25, 0.3) is 11.0 Å². The Labute approximate surface area is 146 Å². The number of pyridine rings is 1. The molecular formula is C19H22N4O2. The molecule has 0 aromatic carbocycles. The summed E-state index contributed by atoms with van der Waals surface area (Å²) in [6.07, 6.45) is 5.63. The van der Waals surface area contributed by atoms with E-state index in [2.05, 4.69) is 24.3 Å². The predicted molar refractivity (Wildman–Crippen MR) is 94.5 cm³/mol. The van der Waals surface area contributed by atoms with Gasteiger partial charge >= 0.3 is 0 Å². The van der Waals surface area contributed by atoms with E-state index in [1.54, 1.807) is 12.5 Å². The molecule has 1 unspecified atom stereocenters. The van der Waals surface area contributed by atoms with Crippen molar-refractivity contribution in [1.29, 1.82) is 0 Å². The summed E-state index contributed by atoms with van der Waals surface area (Å²) in [4.78, 5) is 17.7. The molecule has 0 saturated heterocycles. The van der Waals surface area contributed by atoms with E-state index in [1.165, 1.54) is 0 Å². The summed E-state index contributed by atoms with van der Waals surface area (Å²) in [5, 5.41) is 8.26. The quantitative estimate of drug-likeness (QED) is 0.764. The third kappa shape index (κ3) is 2.92. The molecular weight excluding hydrogens is 316 g/mol. The summed E-state index contributed by atoms with van der Waals surface area (Å²) in [6, 6.07) is 5.60. The van der Waals surface area contributed by atoms with Crippen LogP contribution in [0.1, 0.15) is 73.4 Å². The lowest BCUT2D eigenvalue weighted by Gasteiger charge is -2.13. The molecule has 1 aliphatic carbocycles. The molecule has 1 amide bonds. The Balaban J connectivity index is 1.73. The fourth-order valence-corrected chi connectivity index (χ4v) is 3.07. The summed E-state index contributed by atoms with van der Waals surface area (Å²) < 4.78 is 7.27. The number of carbonyl (C=O) groups excluding carboxylic acids is 1.